The molecule has 0 spiro atoms. The zero-order valence-electron chi connectivity index (χ0n) is 13.6. The van der Waals surface area contributed by atoms with Crippen molar-refractivity contribution in [2.24, 2.45) is 0 Å². The normalized spacial score (nSPS) is 17.9. The van der Waals surface area contributed by atoms with Crippen LogP contribution in [-0.4, -0.2) is 30.5 Å². The highest BCUT2D eigenvalue weighted by Crippen LogP contribution is 2.25. The van der Waals surface area contributed by atoms with E-state index in [0.717, 1.165) is 19.3 Å². The van der Waals surface area contributed by atoms with Gasteiger partial charge in [0.25, 0.3) is 0 Å². The molecule has 1 aromatic carbocycles. The van der Waals surface area contributed by atoms with Crippen LogP contribution in [-0.2, 0) is 16.0 Å². The summed E-state index contributed by atoms with van der Waals surface area (Å²) in [7, 11) is 0. The first kappa shape index (κ1) is 17.1. The Labute approximate surface area is 146 Å². The number of unbranched alkanes of at least 4 members (excludes halogenated alkanes) is 1. The smallest absolute Gasteiger partial charge is 0.222 e. The number of hydrogen-bond donors (Lipinski definition) is 0. The van der Waals surface area contributed by atoms with Gasteiger partial charge in [-0.05, 0) is 36.8 Å². The lowest BCUT2D eigenvalue weighted by molar-refractivity contribution is -0.139. The number of thiophene rings is 1. The molecule has 3 rings (SSSR count). The minimum Gasteiger partial charge on any atom is -0.370 e. The number of rotatable bonds is 6. The van der Waals surface area contributed by atoms with Crippen molar-refractivity contribution in [3.63, 3.8) is 0 Å². The van der Waals surface area contributed by atoms with E-state index in [2.05, 4.69) is 17.5 Å². The van der Waals surface area contributed by atoms with Crippen LogP contribution in [0.15, 0.2) is 41.8 Å². The standard InChI is InChI=1S/C19H22FNO2S/c20-17-9-3-2-8-16(17)18-14-21(11-12-23-18)19(22)10-4-1-6-15-7-5-13-24-15/h2-3,5,7-9,13,18H,1,4,6,10-12,14H2. The number of ether oxygens (including phenoxy) is 1. The quantitative estimate of drug-likeness (QED) is 0.733. The van der Waals surface area contributed by atoms with E-state index in [1.165, 1.54) is 10.9 Å². The molecule has 5 heteroatoms. The number of nitrogens with zero attached hydrogens (tertiary/aromatic N) is 1. The van der Waals surface area contributed by atoms with E-state index in [-0.39, 0.29) is 17.8 Å². The minimum absolute atomic E-state index is 0.144. The summed E-state index contributed by atoms with van der Waals surface area (Å²) in [6, 6.07) is 10.8. The molecule has 1 aliphatic rings. The number of morpholine rings is 1. The first-order valence-corrected chi connectivity index (χ1v) is 9.28. The minimum atomic E-state index is -0.366. The number of carbonyl (C=O) groups excluding carboxylic acids is 1. The Bertz CT molecular complexity index is 659. The van der Waals surface area contributed by atoms with Gasteiger partial charge in [0, 0.05) is 23.4 Å². The highest BCUT2D eigenvalue weighted by atomic mass is 32.1. The van der Waals surface area contributed by atoms with Crippen LogP contribution in [0.25, 0.3) is 0 Å². The second-order valence-corrected chi connectivity index (χ2v) is 7.04. The van der Waals surface area contributed by atoms with Crippen molar-refractivity contribution in [2.75, 3.05) is 19.7 Å². The van der Waals surface area contributed by atoms with Crippen molar-refractivity contribution in [1.82, 2.24) is 4.90 Å². The Morgan fingerprint density at radius 1 is 1.25 bits per heavy atom. The fraction of sp³-hybridized carbons (Fsp3) is 0.421. The van der Waals surface area contributed by atoms with E-state index in [9.17, 15) is 9.18 Å². The van der Waals surface area contributed by atoms with Crippen LogP contribution in [0.1, 0.15) is 35.8 Å². The molecule has 1 unspecified atom stereocenters. The lowest BCUT2D eigenvalue weighted by atomic mass is 10.1. The van der Waals surface area contributed by atoms with Gasteiger partial charge in [-0.2, -0.15) is 0 Å². The van der Waals surface area contributed by atoms with Crippen LogP contribution in [0.2, 0.25) is 0 Å². The van der Waals surface area contributed by atoms with Crippen molar-refractivity contribution in [3.8, 4) is 0 Å². The van der Waals surface area contributed by atoms with Crippen molar-refractivity contribution in [1.29, 1.82) is 0 Å². The number of amides is 1. The molecule has 0 radical (unpaired) electrons. The van der Waals surface area contributed by atoms with Crippen LogP contribution in [0.3, 0.4) is 0 Å². The Hall–Kier alpha value is -1.72. The lowest BCUT2D eigenvalue weighted by Crippen LogP contribution is -2.42. The fourth-order valence-electron chi connectivity index (χ4n) is 2.99. The molecular weight excluding hydrogens is 325 g/mol. The maximum Gasteiger partial charge on any atom is 0.222 e. The SMILES string of the molecule is O=C(CCCCc1cccs1)N1CCOC(c2ccccc2F)C1. The second-order valence-electron chi connectivity index (χ2n) is 6.01. The summed E-state index contributed by atoms with van der Waals surface area (Å²) in [6.07, 6.45) is 3.13. The van der Waals surface area contributed by atoms with Gasteiger partial charge in [-0.15, -0.1) is 11.3 Å². The summed E-state index contributed by atoms with van der Waals surface area (Å²) in [4.78, 5) is 15.6. The summed E-state index contributed by atoms with van der Waals surface area (Å²) in [5.41, 5.74) is 0.535. The van der Waals surface area contributed by atoms with Crippen molar-refractivity contribution >= 4 is 17.2 Å². The Morgan fingerprint density at radius 2 is 2.12 bits per heavy atom. The zero-order chi connectivity index (χ0) is 16.8. The van der Waals surface area contributed by atoms with E-state index in [4.69, 9.17) is 4.74 Å². The number of halogens is 1. The zero-order valence-corrected chi connectivity index (χ0v) is 14.4. The molecule has 0 saturated carbocycles. The van der Waals surface area contributed by atoms with Crippen molar-refractivity contribution < 1.29 is 13.9 Å². The molecular formula is C19H22FNO2S. The van der Waals surface area contributed by atoms with Gasteiger partial charge in [0.15, 0.2) is 0 Å². The van der Waals surface area contributed by atoms with Gasteiger partial charge in [0.2, 0.25) is 5.91 Å². The lowest BCUT2D eigenvalue weighted by Gasteiger charge is -2.33. The van der Waals surface area contributed by atoms with E-state index in [1.54, 1.807) is 29.5 Å². The maximum absolute atomic E-state index is 13.9. The van der Waals surface area contributed by atoms with Gasteiger partial charge < -0.3 is 9.64 Å². The molecule has 1 aliphatic heterocycles. The maximum atomic E-state index is 13.9. The molecule has 0 N–H and O–H groups in total. The van der Waals surface area contributed by atoms with Gasteiger partial charge in [-0.1, -0.05) is 24.3 Å². The van der Waals surface area contributed by atoms with Crippen LogP contribution < -0.4 is 0 Å². The molecule has 1 aromatic heterocycles. The van der Waals surface area contributed by atoms with E-state index in [1.807, 2.05) is 4.90 Å². The average molecular weight is 347 g/mol. The average Bonchev–Trinajstić information content (AvgIpc) is 3.12. The Morgan fingerprint density at radius 3 is 2.92 bits per heavy atom. The molecule has 3 nitrogen and oxygen atoms in total. The van der Waals surface area contributed by atoms with Gasteiger partial charge >= 0.3 is 0 Å². The third kappa shape index (κ3) is 4.42. The molecule has 0 bridgehead atoms. The third-order valence-corrected chi connectivity index (χ3v) is 5.25. The largest absolute Gasteiger partial charge is 0.370 e. The molecule has 128 valence electrons. The predicted octanol–water partition coefficient (Wildman–Crippen LogP) is 4.20. The molecule has 0 aliphatic carbocycles. The highest BCUT2D eigenvalue weighted by Gasteiger charge is 2.26. The predicted molar refractivity (Wildman–Crippen MR) is 93.5 cm³/mol. The summed E-state index contributed by atoms with van der Waals surface area (Å²) in [5, 5.41) is 2.08. The van der Waals surface area contributed by atoms with Crippen LogP contribution in [0.5, 0.6) is 0 Å². The molecule has 1 atom stereocenters. The number of aryl methyl sites for hydroxylation is 1. The van der Waals surface area contributed by atoms with Gasteiger partial charge in [0.05, 0.1) is 13.2 Å². The number of benzene rings is 1. The first-order valence-electron chi connectivity index (χ1n) is 8.40. The van der Waals surface area contributed by atoms with E-state index >= 15 is 0 Å². The van der Waals surface area contributed by atoms with E-state index in [0.29, 0.717) is 31.7 Å². The topological polar surface area (TPSA) is 29.5 Å². The molecule has 2 heterocycles. The number of carbonyl (C=O) groups is 1. The molecule has 2 aromatic rings. The van der Waals surface area contributed by atoms with E-state index < -0.39 is 0 Å². The third-order valence-electron chi connectivity index (χ3n) is 4.32. The van der Waals surface area contributed by atoms with Crippen molar-refractivity contribution in [2.45, 2.75) is 31.8 Å². The molecule has 24 heavy (non-hydrogen) atoms. The summed E-state index contributed by atoms with van der Waals surface area (Å²) in [6.45, 7) is 1.49. The fourth-order valence-corrected chi connectivity index (χ4v) is 3.74. The van der Waals surface area contributed by atoms with Crippen LogP contribution >= 0.6 is 11.3 Å². The summed E-state index contributed by atoms with van der Waals surface area (Å²) >= 11 is 1.76. The Kier molecular flexibility index (Phi) is 5.99. The Balaban J connectivity index is 1.47. The van der Waals surface area contributed by atoms with Crippen molar-refractivity contribution in [3.05, 3.63) is 58.0 Å². The molecule has 1 amide bonds. The van der Waals surface area contributed by atoms with Gasteiger partial charge in [0.1, 0.15) is 11.9 Å². The number of hydrogen-bond acceptors (Lipinski definition) is 3. The van der Waals surface area contributed by atoms with Gasteiger partial charge in [-0.3, -0.25) is 4.79 Å². The summed E-state index contributed by atoms with van der Waals surface area (Å²) in [5.74, 6) is -0.126. The molecule has 1 fully saturated rings. The van der Waals surface area contributed by atoms with Crippen LogP contribution in [0.4, 0.5) is 4.39 Å². The summed E-state index contributed by atoms with van der Waals surface area (Å²) < 4.78 is 19.6. The van der Waals surface area contributed by atoms with Gasteiger partial charge in [-0.25, -0.2) is 4.39 Å². The van der Waals surface area contributed by atoms with Crippen LogP contribution in [0, 0.1) is 5.82 Å². The first-order chi connectivity index (χ1) is 11.7. The highest BCUT2D eigenvalue weighted by molar-refractivity contribution is 7.09. The monoisotopic (exact) mass is 347 g/mol. The second kappa shape index (κ2) is 8.40. The molecule has 1 saturated heterocycles.